The van der Waals surface area contributed by atoms with E-state index in [0.717, 1.165) is 41.4 Å². The fraction of sp³-hybridized carbons (Fsp3) is 0.217. The highest BCUT2D eigenvalue weighted by Crippen LogP contribution is 2.34. The van der Waals surface area contributed by atoms with E-state index in [1.165, 1.54) is 16.3 Å². The van der Waals surface area contributed by atoms with E-state index in [-0.39, 0.29) is 0 Å². The molecule has 6 heteroatoms. The first-order valence-electron chi connectivity index (χ1n) is 9.86. The summed E-state index contributed by atoms with van der Waals surface area (Å²) >= 11 is 1.75. The van der Waals surface area contributed by atoms with Crippen molar-refractivity contribution in [3.8, 4) is 5.75 Å². The maximum absolute atomic E-state index is 5.55. The van der Waals surface area contributed by atoms with Crippen molar-refractivity contribution in [3.05, 3.63) is 72.3 Å². The van der Waals surface area contributed by atoms with Gasteiger partial charge >= 0.3 is 0 Å². The first-order valence-corrected chi connectivity index (χ1v) is 10.8. The molecule has 1 aromatic heterocycles. The molecular formula is C23H22N4OS. The summed E-state index contributed by atoms with van der Waals surface area (Å²) in [6.45, 7) is 4.47. The Labute approximate surface area is 174 Å². The minimum Gasteiger partial charge on any atom is -0.494 e. The number of anilines is 2. The van der Waals surface area contributed by atoms with E-state index < -0.39 is 0 Å². The van der Waals surface area contributed by atoms with Crippen LogP contribution in [0.15, 0.2) is 71.9 Å². The van der Waals surface area contributed by atoms with Gasteiger partial charge in [0.15, 0.2) is 5.16 Å². The van der Waals surface area contributed by atoms with E-state index in [2.05, 4.69) is 74.3 Å². The van der Waals surface area contributed by atoms with Gasteiger partial charge in [-0.2, -0.15) is 0 Å². The van der Waals surface area contributed by atoms with Crippen LogP contribution in [0.5, 0.6) is 5.75 Å². The van der Waals surface area contributed by atoms with E-state index in [0.29, 0.717) is 6.61 Å². The Morgan fingerprint density at radius 3 is 2.62 bits per heavy atom. The molecule has 29 heavy (non-hydrogen) atoms. The molecule has 4 aromatic rings. The zero-order valence-electron chi connectivity index (χ0n) is 16.3. The van der Waals surface area contributed by atoms with Crippen LogP contribution in [0.25, 0.3) is 10.8 Å². The normalized spacial score (nSPS) is 13.1. The number of nitrogens with zero attached hydrogens (tertiary/aromatic N) is 4. The average molecular weight is 403 g/mol. The molecule has 0 radical (unpaired) electrons. The lowest BCUT2D eigenvalue weighted by molar-refractivity contribution is 0.340. The van der Waals surface area contributed by atoms with Crippen LogP contribution in [-0.2, 0) is 12.3 Å². The topological polar surface area (TPSA) is 43.2 Å². The van der Waals surface area contributed by atoms with Crippen LogP contribution in [0, 0.1) is 0 Å². The van der Waals surface area contributed by atoms with Crippen molar-refractivity contribution in [3.63, 3.8) is 0 Å². The third-order valence-electron chi connectivity index (χ3n) is 5.18. The summed E-state index contributed by atoms with van der Waals surface area (Å²) < 4.78 is 7.76. The summed E-state index contributed by atoms with van der Waals surface area (Å²) in [6, 6.07) is 23.2. The third-order valence-corrected chi connectivity index (χ3v) is 6.20. The van der Waals surface area contributed by atoms with Crippen molar-refractivity contribution in [1.82, 2.24) is 14.8 Å². The van der Waals surface area contributed by atoms with E-state index in [1.54, 1.807) is 11.8 Å². The molecule has 0 bridgehead atoms. The molecule has 0 saturated heterocycles. The Hall–Kier alpha value is -2.99. The highest BCUT2D eigenvalue weighted by Gasteiger charge is 2.26. The van der Waals surface area contributed by atoms with Crippen molar-refractivity contribution in [2.75, 3.05) is 18.1 Å². The summed E-state index contributed by atoms with van der Waals surface area (Å²) in [5.41, 5.74) is 2.44. The lowest BCUT2D eigenvalue weighted by Gasteiger charge is -2.15. The Kier molecular flexibility index (Phi) is 4.86. The highest BCUT2D eigenvalue weighted by molar-refractivity contribution is 7.98. The molecule has 5 nitrogen and oxygen atoms in total. The van der Waals surface area contributed by atoms with Gasteiger partial charge in [0.05, 0.1) is 6.61 Å². The maximum Gasteiger partial charge on any atom is 0.232 e. The molecule has 0 atom stereocenters. The number of thioether (sulfide) groups is 1. The molecule has 146 valence electrons. The maximum atomic E-state index is 5.55. The lowest BCUT2D eigenvalue weighted by Crippen LogP contribution is -2.14. The van der Waals surface area contributed by atoms with Crippen molar-refractivity contribution < 1.29 is 4.74 Å². The number of benzene rings is 3. The number of hydrogen-bond donors (Lipinski definition) is 0. The van der Waals surface area contributed by atoms with Crippen LogP contribution in [-0.4, -0.2) is 27.9 Å². The average Bonchev–Trinajstić information content (AvgIpc) is 3.36. The molecule has 0 unspecified atom stereocenters. The third kappa shape index (κ3) is 3.44. The fourth-order valence-corrected chi connectivity index (χ4v) is 4.74. The molecule has 0 amide bonds. The predicted molar refractivity (Wildman–Crippen MR) is 118 cm³/mol. The first kappa shape index (κ1) is 18.1. The van der Waals surface area contributed by atoms with Crippen LogP contribution in [0.3, 0.4) is 0 Å². The minimum absolute atomic E-state index is 0.675. The number of ether oxygens (including phenoxy) is 1. The van der Waals surface area contributed by atoms with Gasteiger partial charge in [0, 0.05) is 24.5 Å². The van der Waals surface area contributed by atoms with Gasteiger partial charge in [-0.1, -0.05) is 54.2 Å². The van der Waals surface area contributed by atoms with Crippen LogP contribution < -0.4 is 9.64 Å². The number of rotatable bonds is 6. The number of fused-ring (bicyclic) bond motifs is 2. The van der Waals surface area contributed by atoms with Crippen molar-refractivity contribution in [2.24, 2.45) is 0 Å². The second-order valence-corrected chi connectivity index (χ2v) is 7.88. The summed E-state index contributed by atoms with van der Waals surface area (Å²) in [5, 5.41) is 12.5. The van der Waals surface area contributed by atoms with Gasteiger partial charge in [0.2, 0.25) is 5.95 Å². The van der Waals surface area contributed by atoms with Gasteiger partial charge in [-0.3, -0.25) is 4.57 Å². The summed E-state index contributed by atoms with van der Waals surface area (Å²) in [5.74, 6) is 2.68. The van der Waals surface area contributed by atoms with Crippen LogP contribution >= 0.6 is 11.8 Å². The largest absolute Gasteiger partial charge is 0.494 e. The van der Waals surface area contributed by atoms with E-state index in [9.17, 15) is 0 Å². The van der Waals surface area contributed by atoms with Crippen molar-refractivity contribution in [1.29, 1.82) is 0 Å². The molecule has 5 rings (SSSR count). The quantitative estimate of drug-likeness (QED) is 0.411. The van der Waals surface area contributed by atoms with Gasteiger partial charge in [-0.25, -0.2) is 0 Å². The lowest BCUT2D eigenvalue weighted by atomic mass is 10.1. The van der Waals surface area contributed by atoms with E-state index in [1.807, 2.05) is 19.1 Å². The fourth-order valence-electron chi connectivity index (χ4n) is 3.78. The zero-order chi connectivity index (χ0) is 19.6. The molecule has 0 saturated carbocycles. The smallest absolute Gasteiger partial charge is 0.232 e. The van der Waals surface area contributed by atoms with Gasteiger partial charge in [0.25, 0.3) is 0 Å². The van der Waals surface area contributed by atoms with Gasteiger partial charge in [-0.05, 0) is 47.5 Å². The predicted octanol–water partition coefficient (Wildman–Crippen LogP) is 5.27. The van der Waals surface area contributed by atoms with Crippen LogP contribution in [0.2, 0.25) is 0 Å². The monoisotopic (exact) mass is 402 g/mol. The second-order valence-electron chi connectivity index (χ2n) is 6.94. The Morgan fingerprint density at radius 1 is 0.931 bits per heavy atom. The summed E-state index contributed by atoms with van der Waals surface area (Å²) in [6.07, 6.45) is 0. The van der Waals surface area contributed by atoms with Crippen LogP contribution in [0.4, 0.5) is 11.6 Å². The van der Waals surface area contributed by atoms with Crippen LogP contribution in [0.1, 0.15) is 12.5 Å². The summed E-state index contributed by atoms with van der Waals surface area (Å²) in [7, 11) is 0. The molecule has 3 aromatic carbocycles. The minimum atomic E-state index is 0.675. The Balaban J connectivity index is 1.35. The molecule has 1 aliphatic heterocycles. The SMILES string of the molecule is CCOc1ccc(N2CCn3c(SCc4cccc5ccccc45)nnc32)cc1. The number of aromatic nitrogens is 3. The van der Waals surface area contributed by atoms with E-state index in [4.69, 9.17) is 4.74 Å². The van der Waals surface area contributed by atoms with Gasteiger partial charge < -0.3 is 9.64 Å². The van der Waals surface area contributed by atoms with Gasteiger partial charge in [0.1, 0.15) is 5.75 Å². The Morgan fingerprint density at radius 2 is 1.76 bits per heavy atom. The van der Waals surface area contributed by atoms with Gasteiger partial charge in [-0.15, -0.1) is 10.2 Å². The molecule has 0 N–H and O–H groups in total. The Bertz CT molecular complexity index is 1130. The number of hydrogen-bond acceptors (Lipinski definition) is 5. The zero-order valence-corrected chi connectivity index (χ0v) is 17.1. The summed E-state index contributed by atoms with van der Waals surface area (Å²) in [4.78, 5) is 2.21. The van der Waals surface area contributed by atoms with Crippen molar-refractivity contribution >= 4 is 34.2 Å². The molecule has 0 fully saturated rings. The molecule has 2 heterocycles. The second kappa shape index (κ2) is 7.79. The molecule has 1 aliphatic rings. The highest BCUT2D eigenvalue weighted by atomic mass is 32.2. The van der Waals surface area contributed by atoms with E-state index >= 15 is 0 Å². The first-order chi connectivity index (χ1) is 14.3. The molecule has 0 aliphatic carbocycles. The molecule has 0 spiro atoms. The molecular weight excluding hydrogens is 380 g/mol. The van der Waals surface area contributed by atoms with Crippen molar-refractivity contribution in [2.45, 2.75) is 24.4 Å². The standard InChI is InChI=1S/C23H22N4OS/c1-2-28-20-12-10-19(11-13-20)26-14-15-27-22(26)24-25-23(27)29-16-18-8-5-7-17-6-3-4-9-21(17)18/h3-13H,2,14-16H2,1H3.